The number of hydrogen-bond donors (Lipinski definition) is 0. The zero-order chi connectivity index (χ0) is 14.5. The lowest BCUT2D eigenvalue weighted by molar-refractivity contribution is -0.00000504. The van der Waals surface area contributed by atoms with Crippen LogP contribution in [0.4, 0.5) is 11.4 Å². The molecule has 0 heterocycles. The molecule has 0 fully saturated rings. The van der Waals surface area contributed by atoms with Crippen LogP contribution in [0.5, 0.6) is 11.5 Å². The highest BCUT2D eigenvalue weighted by molar-refractivity contribution is 5.75. The van der Waals surface area contributed by atoms with Crippen LogP contribution in [0.15, 0.2) is 36.4 Å². The first-order valence-electron chi connectivity index (χ1n) is 5.80. The molecule has 0 aromatic heterocycles. The molecule has 2 rings (SSSR count). The van der Waals surface area contributed by atoms with E-state index in [0.29, 0.717) is 22.9 Å². The van der Waals surface area contributed by atoms with Gasteiger partial charge in [0.2, 0.25) is 22.3 Å². The predicted octanol–water partition coefficient (Wildman–Crippen LogP) is 1.34. The Morgan fingerprint density at radius 1 is 0.762 bits per heavy atom. The molecule has 2 aromatic carbocycles. The van der Waals surface area contributed by atoms with Gasteiger partial charge in [0, 0.05) is 12.1 Å². The first-order chi connectivity index (χ1) is 9.73. The molecular weight excluding hydrogens is 292 g/mol. The van der Waals surface area contributed by atoms with Gasteiger partial charge in [-0.15, -0.1) is 0 Å². The van der Waals surface area contributed by atoms with E-state index < -0.39 is 0 Å². The van der Waals surface area contributed by atoms with Gasteiger partial charge in [-0.25, -0.2) is 0 Å². The van der Waals surface area contributed by atoms with Crippen molar-refractivity contribution in [2.24, 2.45) is 0 Å². The Labute approximate surface area is 128 Å². The molecule has 106 valence electrons. The van der Waals surface area contributed by atoms with E-state index in [-0.39, 0.29) is 12.4 Å². The SMILES string of the molecule is COc1cc(-c2ccc([N+]#N)c(OC)c2)ccc1[N+]#N.[Cl-]. The van der Waals surface area contributed by atoms with Gasteiger partial charge in [0.1, 0.15) is 0 Å². The Morgan fingerprint density at radius 2 is 1.14 bits per heavy atom. The molecule has 0 saturated carbocycles. The highest BCUT2D eigenvalue weighted by atomic mass is 35.5. The molecule has 0 spiro atoms. The Kier molecular flexibility index (Phi) is 5.48. The first-order valence-corrected chi connectivity index (χ1v) is 5.80. The van der Waals surface area contributed by atoms with E-state index in [1.807, 2.05) is 0 Å². The van der Waals surface area contributed by atoms with Gasteiger partial charge in [-0.2, -0.15) is 0 Å². The van der Waals surface area contributed by atoms with E-state index in [1.54, 1.807) is 36.4 Å². The van der Waals surface area contributed by atoms with Crippen molar-refractivity contribution in [3.8, 4) is 22.6 Å². The lowest BCUT2D eigenvalue weighted by Gasteiger charge is -2.04. The van der Waals surface area contributed by atoms with Gasteiger partial charge in [-0.05, 0) is 35.4 Å². The van der Waals surface area contributed by atoms with Gasteiger partial charge in [0.25, 0.3) is 0 Å². The molecule has 0 N–H and O–H groups in total. The van der Waals surface area contributed by atoms with Crippen LogP contribution >= 0.6 is 0 Å². The number of benzene rings is 2. The predicted molar refractivity (Wildman–Crippen MR) is 74.5 cm³/mol. The summed E-state index contributed by atoms with van der Waals surface area (Å²) in [6.45, 7) is 0. The minimum absolute atomic E-state index is 0. The number of nitrogens with zero attached hydrogens (tertiary/aromatic N) is 4. The van der Waals surface area contributed by atoms with Crippen molar-refractivity contribution >= 4 is 11.4 Å². The number of rotatable bonds is 3. The van der Waals surface area contributed by atoms with Crippen LogP contribution in [0, 0.1) is 10.8 Å². The van der Waals surface area contributed by atoms with E-state index in [9.17, 15) is 0 Å². The number of ether oxygens (including phenoxy) is 2. The number of diazo groups is 2. The Bertz CT molecular complexity index is 671. The van der Waals surface area contributed by atoms with Crippen LogP contribution in [0.3, 0.4) is 0 Å². The average Bonchev–Trinajstić information content (AvgIpc) is 2.53. The van der Waals surface area contributed by atoms with Crippen molar-refractivity contribution < 1.29 is 21.9 Å². The molecular formula is C14H12ClN4O2+. The van der Waals surface area contributed by atoms with E-state index >= 15 is 0 Å². The summed E-state index contributed by atoms with van der Waals surface area (Å²) in [6.07, 6.45) is 0. The average molecular weight is 304 g/mol. The normalized spacial score (nSPS) is 8.95. The van der Waals surface area contributed by atoms with Gasteiger partial charge in [0.15, 0.2) is 9.95 Å². The first kappa shape index (κ1) is 16.2. The van der Waals surface area contributed by atoms with Crippen LogP contribution in [-0.4, -0.2) is 14.2 Å². The van der Waals surface area contributed by atoms with Gasteiger partial charge < -0.3 is 21.9 Å². The van der Waals surface area contributed by atoms with Gasteiger partial charge in [0.05, 0.1) is 14.2 Å². The second-order valence-electron chi connectivity index (χ2n) is 3.97. The van der Waals surface area contributed by atoms with Crippen molar-refractivity contribution in [1.82, 2.24) is 0 Å². The lowest BCUT2D eigenvalue weighted by atomic mass is 10.0. The monoisotopic (exact) mass is 303 g/mol. The third kappa shape index (κ3) is 3.19. The molecule has 0 unspecified atom stereocenters. The quantitative estimate of drug-likeness (QED) is 0.802. The molecule has 0 radical (unpaired) electrons. The summed E-state index contributed by atoms with van der Waals surface area (Å²) in [5.41, 5.74) is 2.42. The topological polar surface area (TPSA) is 74.8 Å². The molecule has 0 bridgehead atoms. The minimum Gasteiger partial charge on any atom is -1.00 e. The van der Waals surface area contributed by atoms with Crippen molar-refractivity contribution in [2.45, 2.75) is 0 Å². The summed E-state index contributed by atoms with van der Waals surface area (Å²) in [6, 6.07) is 10.4. The van der Waals surface area contributed by atoms with E-state index in [2.05, 4.69) is 9.95 Å². The Hall–Kier alpha value is -2.83. The Balaban J connectivity index is 0.00000220. The van der Waals surface area contributed by atoms with Crippen LogP contribution in [0.2, 0.25) is 0 Å². The number of halogens is 1. The largest absolute Gasteiger partial charge is 1.00 e. The third-order valence-corrected chi connectivity index (χ3v) is 2.91. The molecule has 0 aliphatic rings. The third-order valence-electron chi connectivity index (χ3n) is 2.91. The molecule has 0 aliphatic carbocycles. The molecule has 21 heavy (non-hydrogen) atoms. The van der Waals surface area contributed by atoms with Gasteiger partial charge in [-0.1, -0.05) is 0 Å². The van der Waals surface area contributed by atoms with E-state index in [0.717, 1.165) is 11.1 Å². The Morgan fingerprint density at radius 3 is 1.43 bits per heavy atom. The van der Waals surface area contributed by atoms with Crippen molar-refractivity contribution in [3.63, 3.8) is 0 Å². The maximum atomic E-state index is 8.85. The zero-order valence-electron chi connectivity index (χ0n) is 11.4. The second kappa shape index (κ2) is 7.09. The molecule has 0 aliphatic heterocycles. The lowest BCUT2D eigenvalue weighted by Crippen LogP contribution is -3.00. The smallest absolute Gasteiger partial charge is 0.426 e. The highest BCUT2D eigenvalue weighted by Crippen LogP contribution is 2.36. The maximum Gasteiger partial charge on any atom is 0.426 e. The molecule has 7 heteroatoms. The number of hydrogen-bond acceptors (Lipinski definition) is 4. The zero-order valence-corrected chi connectivity index (χ0v) is 12.2. The second-order valence-corrected chi connectivity index (χ2v) is 3.97. The fourth-order valence-corrected chi connectivity index (χ4v) is 1.88. The van der Waals surface area contributed by atoms with Crippen molar-refractivity contribution in [1.29, 1.82) is 10.8 Å². The maximum absolute atomic E-state index is 8.85. The fourth-order valence-electron chi connectivity index (χ4n) is 1.88. The number of methoxy groups -OCH3 is 2. The summed E-state index contributed by atoms with van der Waals surface area (Å²) in [5.74, 6) is 0.916. The van der Waals surface area contributed by atoms with Crippen LogP contribution < -0.4 is 21.9 Å². The van der Waals surface area contributed by atoms with Crippen LogP contribution in [0.25, 0.3) is 21.1 Å². The molecule has 0 saturated heterocycles. The molecule has 0 atom stereocenters. The van der Waals surface area contributed by atoms with Crippen molar-refractivity contribution in [2.75, 3.05) is 14.2 Å². The molecule has 2 aromatic rings. The summed E-state index contributed by atoms with van der Waals surface area (Å²) >= 11 is 0. The summed E-state index contributed by atoms with van der Waals surface area (Å²) in [7, 11) is 3.00. The fraction of sp³-hybridized carbons (Fsp3) is 0.143. The van der Waals surface area contributed by atoms with Crippen LogP contribution in [-0.2, 0) is 0 Å². The van der Waals surface area contributed by atoms with Gasteiger partial charge in [-0.3, -0.25) is 0 Å². The van der Waals surface area contributed by atoms with E-state index in [1.165, 1.54) is 14.2 Å². The summed E-state index contributed by atoms with van der Waals surface area (Å²) in [5, 5.41) is 17.7. The molecule has 6 nitrogen and oxygen atoms in total. The summed E-state index contributed by atoms with van der Waals surface area (Å²) in [4.78, 5) is 6.28. The van der Waals surface area contributed by atoms with Crippen LogP contribution in [0.1, 0.15) is 0 Å². The minimum atomic E-state index is 0. The van der Waals surface area contributed by atoms with E-state index in [4.69, 9.17) is 20.3 Å². The standard InChI is InChI=1S/C14H12N4O2.ClH/c1-19-13-7-9(3-5-11(13)17-15)10-4-6-12(18-16)14(8-10)20-2;/h3-8H,1-2H3;1H/q+2;/p-1. The van der Waals surface area contributed by atoms with Crippen molar-refractivity contribution in [3.05, 3.63) is 46.4 Å². The summed E-state index contributed by atoms with van der Waals surface area (Å²) < 4.78 is 10.3. The molecule has 0 amide bonds. The van der Waals surface area contributed by atoms with Gasteiger partial charge >= 0.3 is 11.4 Å². The highest BCUT2D eigenvalue weighted by Gasteiger charge is 2.18.